The van der Waals surface area contributed by atoms with Crippen LogP contribution in [0.25, 0.3) is 0 Å². The van der Waals surface area contributed by atoms with Crippen molar-refractivity contribution in [3.63, 3.8) is 0 Å². The molecule has 2 fully saturated rings. The van der Waals surface area contributed by atoms with E-state index in [4.69, 9.17) is 4.74 Å². The summed E-state index contributed by atoms with van der Waals surface area (Å²) in [6, 6.07) is 5.11. The number of carbonyl (C=O) groups is 3. The highest BCUT2D eigenvalue weighted by Gasteiger charge is 2.51. The molecule has 2 unspecified atom stereocenters. The van der Waals surface area contributed by atoms with E-state index in [1.165, 1.54) is 0 Å². The highest BCUT2D eigenvalue weighted by atomic mass is 16.5. The highest BCUT2D eigenvalue weighted by molar-refractivity contribution is 6.07. The topological polar surface area (TPSA) is 63.7 Å². The Bertz CT molecular complexity index is 688. The minimum absolute atomic E-state index is 0.153. The molecule has 134 valence electrons. The number of imide groups is 1. The largest absolute Gasteiger partial charge is 0.459 e. The van der Waals surface area contributed by atoms with Gasteiger partial charge in [-0.25, -0.2) is 4.79 Å². The van der Waals surface area contributed by atoms with Gasteiger partial charge in [0.15, 0.2) is 0 Å². The number of amides is 2. The Morgan fingerprint density at radius 3 is 2.36 bits per heavy atom. The second-order valence-corrected chi connectivity index (χ2v) is 7.26. The number of hydrogen-bond acceptors (Lipinski definition) is 4. The van der Waals surface area contributed by atoms with Crippen LogP contribution in [0.2, 0.25) is 0 Å². The molecule has 0 spiro atoms. The van der Waals surface area contributed by atoms with Gasteiger partial charge in [-0.15, -0.1) is 0 Å². The van der Waals surface area contributed by atoms with Crippen molar-refractivity contribution in [3.8, 4) is 0 Å². The fourth-order valence-electron chi connectivity index (χ4n) is 3.90. The van der Waals surface area contributed by atoms with Crippen molar-refractivity contribution in [2.24, 2.45) is 11.8 Å². The smallest absolute Gasteiger partial charge is 0.329 e. The lowest BCUT2D eigenvalue weighted by molar-refractivity contribution is -0.159. The third kappa shape index (κ3) is 3.32. The summed E-state index contributed by atoms with van der Waals surface area (Å²) >= 11 is 0. The summed E-state index contributed by atoms with van der Waals surface area (Å²) in [5.41, 5.74) is 3.08. The number of ether oxygens (including phenoxy) is 1. The fourth-order valence-corrected chi connectivity index (χ4v) is 3.90. The Hall–Kier alpha value is -2.17. The quantitative estimate of drug-likeness (QED) is 0.623. The predicted molar refractivity (Wildman–Crippen MR) is 92.5 cm³/mol. The number of likely N-dealkylation sites (tertiary alicyclic amines) is 1. The minimum atomic E-state index is -0.865. The molecule has 1 saturated carbocycles. The van der Waals surface area contributed by atoms with Crippen LogP contribution in [0.15, 0.2) is 18.2 Å². The number of carbonyl (C=O) groups excluding carboxylic acids is 3. The summed E-state index contributed by atoms with van der Waals surface area (Å²) in [7, 11) is 0. The molecule has 3 rings (SSSR count). The first-order valence-corrected chi connectivity index (χ1v) is 9.00. The van der Waals surface area contributed by atoms with Crippen molar-refractivity contribution in [3.05, 3.63) is 34.9 Å². The maximum Gasteiger partial charge on any atom is 0.329 e. The third-order valence-electron chi connectivity index (χ3n) is 5.48. The molecule has 0 N–H and O–H groups in total. The van der Waals surface area contributed by atoms with Crippen molar-refractivity contribution in [2.45, 2.75) is 59.1 Å². The van der Waals surface area contributed by atoms with E-state index in [-0.39, 0.29) is 30.3 Å². The minimum Gasteiger partial charge on any atom is -0.459 e. The van der Waals surface area contributed by atoms with Gasteiger partial charge in [-0.05, 0) is 44.7 Å². The van der Waals surface area contributed by atoms with E-state index in [1.54, 1.807) is 6.92 Å². The number of fused-ring (bicyclic) bond motifs is 1. The Morgan fingerprint density at radius 1 is 1.16 bits per heavy atom. The molecule has 2 aliphatic rings. The SMILES string of the molecule is Cc1ccc(C)c(COC(=O)[C@H](C)N2C(=O)C3CCCCC3C2=O)c1. The molecular formula is C20H25NO4. The zero-order valence-corrected chi connectivity index (χ0v) is 15.1. The van der Waals surface area contributed by atoms with Crippen molar-refractivity contribution in [2.75, 3.05) is 0 Å². The molecule has 0 radical (unpaired) electrons. The first-order chi connectivity index (χ1) is 11.9. The summed E-state index contributed by atoms with van der Waals surface area (Å²) in [5, 5.41) is 0. The summed E-state index contributed by atoms with van der Waals surface area (Å²) in [5.74, 6) is -1.41. The van der Waals surface area contributed by atoms with Crippen molar-refractivity contribution < 1.29 is 19.1 Å². The summed E-state index contributed by atoms with van der Waals surface area (Å²) in [6.07, 6.45) is 3.44. The molecule has 0 bridgehead atoms. The number of benzene rings is 1. The number of aryl methyl sites for hydroxylation is 2. The zero-order chi connectivity index (χ0) is 18.1. The van der Waals surface area contributed by atoms with Crippen LogP contribution in [0, 0.1) is 25.7 Å². The molecule has 5 nitrogen and oxygen atoms in total. The van der Waals surface area contributed by atoms with Crippen LogP contribution in [0.4, 0.5) is 0 Å². The van der Waals surface area contributed by atoms with E-state index >= 15 is 0 Å². The fraction of sp³-hybridized carbons (Fsp3) is 0.550. The van der Waals surface area contributed by atoms with Gasteiger partial charge >= 0.3 is 5.97 Å². The van der Waals surface area contributed by atoms with Gasteiger partial charge in [-0.1, -0.05) is 36.6 Å². The van der Waals surface area contributed by atoms with Crippen LogP contribution in [0.1, 0.15) is 49.3 Å². The third-order valence-corrected chi connectivity index (χ3v) is 5.48. The number of hydrogen-bond donors (Lipinski definition) is 0. The molecule has 1 heterocycles. The van der Waals surface area contributed by atoms with E-state index in [1.807, 2.05) is 32.0 Å². The Kier molecular flexibility index (Phi) is 4.93. The number of esters is 1. The molecule has 0 aromatic heterocycles. The zero-order valence-electron chi connectivity index (χ0n) is 15.1. The van der Waals surface area contributed by atoms with Crippen molar-refractivity contribution >= 4 is 17.8 Å². The molecule has 25 heavy (non-hydrogen) atoms. The van der Waals surface area contributed by atoms with Crippen LogP contribution in [-0.4, -0.2) is 28.7 Å². The molecule has 2 amide bonds. The first-order valence-electron chi connectivity index (χ1n) is 9.00. The van der Waals surface area contributed by atoms with Gasteiger partial charge in [-0.3, -0.25) is 14.5 Å². The Balaban J connectivity index is 1.67. The van der Waals surface area contributed by atoms with Gasteiger partial charge in [0.05, 0.1) is 11.8 Å². The van der Waals surface area contributed by atoms with Gasteiger partial charge in [0, 0.05) is 0 Å². The van der Waals surface area contributed by atoms with Crippen molar-refractivity contribution in [1.29, 1.82) is 0 Å². The summed E-state index contributed by atoms with van der Waals surface area (Å²) in [6.45, 7) is 5.68. The predicted octanol–water partition coefficient (Wildman–Crippen LogP) is 2.91. The Labute approximate surface area is 148 Å². The van der Waals surface area contributed by atoms with Gasteiger partial charge in [-0.2, -0.15) is 0 Å². The van der Waals surface area contributed by atoms with Crippen LogP contribution in [0.5, 0.6) is 0 Å². The van der Waals surface area contributed by atoms with Gasteiger partial charge < -0.3 is 4.74 Å². The molecule has 1 saturated heterocycles. The van der Waals surface area contributed by atoms with Crippen LogP contribution < -0.4 is 0 Å². The maximum absolute atomic E-state index is 12.6. The van der Waals surface area contributed by atoms with E-state index < -0.39 is 12.0 Å². The molecule has 1 aromatic rings. The molecule has 1 aliphatic carbocycles. The summed E-state index contributed by atoms with van der Waals surface area (Å²) < 4.78 is 5.40. The van der Waals surface area contributed by atoms with Gasteiger partial charge in [0.2, 0.25) is 11.8 Å². The molecule has 5 heteroatoms. The first kappa shape index (κ1) is 17.6. The monoisotopic (exact) mass is 343 g/mol. The average Bonchev–Trinajstić information content (AvgIpc) is 2.86. The highest BCUT2D eigenvalue weighted by Crippen LogP contribution is 2.38. The van der Waals surface area contributed by atoms with Gasteiger partial charge in [0.25, 0.3) is 0 Å². The lowest BCUT2D eigenvalue weighted by Crippen LogP contribution is -2.44. The molecule has 1 aliphatic heterocycles. The van der Waals surface area contributed by atoms with E-state index in [2.05, 4.69) is 0 Å². The van der Waals surface area contributed by atoms with E-state index in [0.29, 0.717) is 0 Å². The second kappa shape index (κ2) is 6.98. The normalized spacial score (nSPS) is 24.2. The molecule has 1 aromatic carbocycles. The molecule has 3 atom stereocenters. The lowest BCUT2D eigenvalue weighted by Gasteiger charge is -2.22. The molecular weight excluding hydrogens is 318 g/mol. The summed E-state index contributed by atoms with van der Waals surface area (Å²) in [4.78, 5) is 38.7. The second-order valence-electron chi connectivity index (χ2n) is 7.26. The standard InChI is InChI=1S/C20H25NO4/c1-12-8-9-13(2)15(10-12)11-25-20(24)14(3)21-18(22)16-6-4-5-7-17(16)19(21)23/h8-10,14,16-17H,4-7,11H2,1-3H3/t14-,16?,17?/m0/s1. The van der Waals surface area contributed by atoms with Crippen LogP contribution >= 0.6 is 0 Å². The maximum atomic E-state index is 12.6. The Morgan fingerprint density at radius 2 is 1.76 bits per heavy atom. The number of rotatable bonds is 4. The van der Waals surface area contributed by atoms with E-state index in [0.717, 1.165) is 47.3 Å². The lowest BCUT2D eigenvalue weighted by atomic mass is 9.81. The van der Waals surface area contributed by atoms with Crippen LogP contribution in [0.3, 0.4) is 0 Å². The van der Waals surface area contributed by atoms with E-state index in [9.17, 15) is 14.4 Å². The van der Waals surface area contributed by atoms with Gasteiger partial charge in [0.1, 0.15) is 12.6 Å². The number of nitrogens with zero attached hydrogens (tertiary/aromatic N) is 1. The average molecular weight is 343 g/mol. The van der Waals surface area contributed by atoms with Crippen molar-refractivity contribution in [1.82, 2.24) is 4.90 Å². The van der Waals surface area contributed by atoms with Crippen LogP contribution in [-0.2, 0) is 25.7 Å².